The van der Waals surface area contributed by atoms with Crippen molar-refractivity contribution < 1.29 is 13.2 Å². The number of aryl methyl sites for hydroxylation is 1. The second kappa shape index (κ2) is 5.65. The highest BCUT2D eigenvalue weighted by molar-refractivity contribution is 9.10. The molecule has 0 saturated heterocycles. The molecule has 106 valence electrons. The van der Waals surface area contributed by atoms with E-state index in [2.05, 4.69) is 20.9 Å². The number of hydrogen-bond donors (Lipinski definition) is 1. The first-order valence-electron chi connectivity index (χ1n) is 5.54. The number of anilines is 1. The molecule has 2 aromatic rings. The molecule has 0 atom stereocenters. The summed E-state index contributed by atoms with van der Waals surface area (Å²) in [6, 6.07) is 6.00. The van der Waals surface area contributed by atoms with E-state index in [-0.39, 0.29) is 0 Å². The number of pyridine rings is 1. The van der Waals surface area contributed by atoms with E-state index in [1.807, 2.05) is 13.0 Å². The summed E-state index contributed by atoms with van der Waals surface area (Å²) < 4.78 is 38.1. The molecular formula is C13H10BrF3N2S. The van der Waals surface area contributed by atoms with Crippen LogP contribution in [0.1, 0.15) is 11.1 Å². The average molecular weight is 363 g/mol. The van der Waals surface area contributed by atoms with Crippen LogP contribution in [-0.4, -0.2) is 4.98 Å². The van der Waals surface area contributed by atoms with Crippen LogP contribution in [0.15, 0.2) is 44.9 Å². The van der Waals surface area contributed by atoms with Gasteiger partial charge in [-0.3, -0.25) is 0 Å². The van der Waals surface area contributed by atoms with Crippen LogP contribution in [0.2, 0.25) is 0 Å². The van der Waals surface area contributed by atoms with Gasteiger partial charge in [-0.15, -0.1) is 0 Å². The number of benzene rings is 1. The molecule has 0 radical (unpaired) electrons. The molecular weight excluding hydrogens is 353 g/mol. The maximum absolute atomic E-state index is 12.4. The van der Waals surface area contributed by atoms with Crippen LogP contribution in [0.3, 0.4) is 0 Å². The molecule has 0 bridgehead atoms. The van der Waals surface area contributed by atoms with Crippen molar-refractivity contribution in [3.63, 3.8) is 0 Å². The minimum absolute atomic E-state index is 0.489. The van der Waals surface area contributed by atoms with Crippen LogP contribution >= 0.6 is 27.7 Å². The quantitative estimate of drug-likeness (QED) is 0.771. The Morgan fingerprint density at radius 1 is 1.25 bits per heavy atom. The van der Waals surface area contributed by atoms with Crippen LogP contribution in [-0.2, 0) is 6.18 Å². The summed E-state index contributed by atoms with van der Waals surface area (Å²) in [7, 11) is 0. The average Bonchev–Trinajstić information content (AvgIpc) is 2.35. The van der Waals surface area contributed by atoms with E-state index < -0.39 is 11.7 Å². The molecule has 0 aliphatic heterocycles. The Balaban J connectivity index is 2.25. The van der Waals surface area contributed by atoms with Gasteiger partial charge in [-0.25, -0.2) is 4.98 Å². The fraction of sp³-hybridized carbons (Fsp3) is 0.154. The number of halogens is 4. The summed E-state index contributed by atoms with van der Waals surface area (Å²) in [4.78, 5) is 4.68. The first-order chi connectivity index (χ1) is 9.27. The van der Waals surface area contributed by atoms with E-state index in [9.17, 15) is 13.2 Å². The van der Waals surface area contributed by atoms with Gasteiger partial charge in [-0.2, -0.15) is 13.2 Å². The molecule has 0 amide bonds. The fourth-order valence-corrected chi connectivity index (χ4v) is 2.93. The minimum Gasteiger partial charge on any atom is -0.398 e. The molecule has 0 aliphatic carbocycles. The molecule has 0 fully saturated rings. The van der Waals surface area contributed by atoms with Gasteiger partial charge in [0.05, 0.1) is 5.56 Å². The van der Waals surface area contributed by atoms with Crippen molar-refractivity contribution in [2.45, 2.75) is 23.0 Å². The standard InChI is InChI=1S/C13H10BrF3N2S/c1-7-4-11(9(14)5-10(7)18)20-12-3-2-8(6-19-12)13(15,16)17/h2-6H,18H2,1H3. The first-order valence-corrected chi connectivity index (χ1v) is 7.15. The zero-order chi connectivity index (χ0) is 14.9. The maximum Gasteiger partial charge on any atom is 0.417 e. The molecule has 0 unspecified atom stereocenters. The number of rotatable bonds is 2. The summed E-state index contributed by atoms with van der Waals surface area (Å²) in [5.74, 6) is 0. The molecule has 1 aromatic heterocycles. The Kier molecular flexibility index (Phi) is 4.29. The Morgan fingerprint density at radius 3 is 2.50 bits per heavy atom. The summed E-state index contributed by atoms with van der Waals surface area (Å²) in [5, 5.41) is 0.489. The third kappa shape index (κ3) is 3.46. The van der Waals surface area contributed by atoms with Gasteiger partial charge in [-0.1, -0.05) is 11.8 Å². The topological polar surface area (TPSA) is 38.9 Å². The summed E-state index contributed by atoms with van der Waals surface area (Å²) in [6.07, 6.45) is -3.53. The highest BCUT2D eigenvalue weighted by atomic mass is 79.9. The van der Waals surface area contributed by atoms with Crippen molar-refractivity contribution >= 4 is 33.4 Å². The number of alkyl halides is 3. The molecule has 2 N–H and O–H groups in total. The largest absolute Gasteiger partial charge is 0.417 e. The molecule has 0 spiro atoms. The van der Waals surface area contributed by atoms with Crippen LogP contribution in [0, 0.1) is 6.92 Å². The normalized spacial score (nSPS) is 11.7. The predicted octanol–water partition coefficient (Wildman–Crippen LogP) is 4.90. The minimum atomic E-state index is -4.37. The molecule has 1 aromatic carbocycles. The van der Waals surface area contributed by atoms with E-state index in [0.29, 0.717) is 10.7 Å². The highest BCUT2D eigenvalue weighted by Gasteiger charge is 2.30. The molecule has 2 nitrogen and oxygen atoms in total. The van der Waals surface area contributed by atoms with Crippen LogP contribution in [0.5, 0.6) is 0 Å². The van der Waals surface area contributed by atoms with Crippen LogP contribution < -0.4 is 5.73 Å². The van der Waals surface area contributed by atoms with Gasteiger partial charge in [0.15, 0.2) is 0 Å². The van der Waals surface area contributed by atoms with E-state index in [1.165, 1.54) is 17.8 Å². The fourth-order valence-electron chi connectivity index (χ4n) is 1.47. The van der Waals surface area contributed by atoms with Gasteiger partial charge in [0, 0.05) is 21.3 Å². The molecule has 0 aliphatic rings. The molecule has 20 heavy (non-hydrogen) atoms. The van der Waals surface area contributed by atoms with E-state index >= 15 is 0 Å². The second-order valence-electron chi connectivity index (χ2n) is 4.12. The maximum atomic E-state index is 12.4. The molecule has 0 saturated carbocycles. The number of nitrogen functional groups attached to an aromatic ring is 1. The van der Waals surface area contributed by atoms with Gasteiger partial charge in [0.1, 0.15) is 5.03 Å². The molecule has 1 heterocycles. The van der Waals surface area contributed by atoms with Crippen molar-refractivity contribution in [3.8, 4) is 0 Å². The SMILES string of the molecule is Cc1cc(Sc2ccc(C(F)(F)F)cn2)c(Br)cc1N. The Bertz CT molecular complexity index is 627. The van der Waals surface area contributed by atoms with Crippen molar-refractivity contribution in [1.29, 1.82) is 0 Å². The third-order valence-electron chi connectivity index (χ3n) is 2.60. The lowest BCUT2D eigenvalue weighted by atomic mass is 10.2. The van der Waals surface area contributed by atoms with Gasteiger partial charge in [-0.05, 0) is 52.7 Å². The Labute approximate surface area is 126 Å². The van der Waals surface area contributed by atoms with Crippen LogP contribution in [0.4, 0.5) is 18.9 Å². The van der Waals surface area contributed by atoms with Gasteiger partial charge in [0.25, 0.3) is 0 Å². The highest BCUT2D eigenvalue weighted by Crippen LogP contribution is 2.36. The smallest absolute Gasteiger partial charge is 0.398 e. The van der Waals surface area contributed by atoms with Crippen molar-refractivity contribution in [2.24, 2.45) is 0 Å². The predicted molar refractivity (Wildman–Crippen MR) is 76.7 cm³/mol. The number of nitrogens with zero attached hydrogens (tertiary/aromatic N) is 1. The Hall–Kier alpha value is -1.21. The van der Waals surface area contributed by atoms with Gasteiger partial charge < -0.3 is 5.73 Å². The third-order valence-corrected chi connectivity index (χ3v) is 4.53. The monoisotopic (exact) mass is 362 g/mol. The number of aromatic nitrogens is 1. The van der Waals surface area contributed by atoms with Crippen molar-refractivity contribution in [2.75, 3.05) is 5.73 Å². The molecule has 7 heteroatoms. The second-order valence-corrected chi connectivity index (χ2v) is 6.04. The van der Waals surface area contributed by atoms with Crippen molar-refractivity contribution in [1.82, 2.24) is 4.98 Å². The molecule has 2 rings (SSSR count). The lowest BCUT2D eigenvalue weighted by Gasteiger charge is -2.09. The zero-order valence-electron chi connectivity index (χ0n) is 10.3. The summed E-state index contributed by atoms with van der Waals surface area (Å²) in [6.45, 7) is 1.87. The summed E-state index contributed by atoms with van der Waals surface area (Å²) >= 11 is 4.65. The van der Waals surface area contributed by atoms with E-state index in [0.717, 1.165) is 27.2 Å². The van der Waals surface area contributed by atoms with E-state index in [4.69, 9.17) is 5.73 Å². The Morgan fingerprint density at radius 2 is 1.95 bits per heavy atom. The number of nitrogens with two attached hydrogens (primary N) is 1. The van der Waals surface area contributed by atoms with Crippen molar-refractivity contribution in [3.05, 3.63) is 46.1 Å². The van der Waals surface area contributed by atoms with Gasteiger partial charge in [0.2, 0.25) is 0 Å². The lowest BCUT2D eigenvalue weighted by Crippen LogP contribution is -2.05. The summed E-state index contributed by atoms with van der Waals surface area (Å²) in [5.41, 5.74) is 6.58. The number of hydrogen-bond acceptors (Lipinski definition) is 3. The van der Waals surface area contributed by atoms with Gasteiger partial charge >= 0.3 is 6.18 Å². The first kappa shape index (κ1) is 15.2. The zero-order valence-corrected chi connectivity index (χ0v) is 12.7. The lowest BCUT2D eigenvalue weighted by molar-refractivity contribution is -0.137. The van der Waals surface area contributed by atoms with Crippen LogP contribution in [0.25, 0.3) is 0 Å². The van der Waals surface area contributed by atoms with E-state index in [1.54, 1.807) is 6.07 Å².